The molecule has 9 heteroatoms. The van der Waals surface area contributed by atoms with Crippen molar-refractivity contribution in [2.45, 2.75) is 38.5 Å². The number of rotatable bonds is 4. The molecule has 1 fully saturated rings. The molecule has 6 nitrogen and oxygen atoms in total. The summed E-state index contributed by atoms with van der Waals surface area (Å²) in [5.74, 6) is 0.607. The van der Waals surface area contributed by atoms with Crippen molar-refractivity contribution in [1.29, 1.82) is 0 Å². The van der Waals surface area contributed by atoms with Gasteiger partial charge in [-0.15, -0.1) is 0 Å². The zero-order valence-electron chi connectivity index (χ0n) is 20.9. The van der Waals surface area contributed by atoms with Crippen LogP contribution in [0.15, 0.2) is 60.8 Å². The van der Waals surface area contributed by atoms with E-state index < -0.39 is 11.7 Å². The van der Waals surface area contributed by atoms with E-state index >= 15 is 0 Å². The Hall–Kier alpha value is -3.46. The number of pyridine rings is 2. The summed E-state index contributed by atoms with van der Waals surface area (Å²) < 4.78 is 38.6. The van der Waals surface area contributed by atoms with E-state index in [-0.39, 0.29) is 18.0 Å². The number of carbonyl (C=O) groups excluding carboxylic acids is 1. The average molecular weight is 510 g/mol. The number of piperazine rings is 1. The maximum Gasteiger partial charge on any atom is 0.417 e. The van der Waals surface area contributed by atoms with Gasteiger partial charge in [0.2, 0.25) is 5.91 Å². The minimum absolute atomic E-state index is 0.0505. The summed E-state index contributed by atoms with van der Waals surface area (Å²) in [6.07, 6.45) is -0.664. The lowest BCUT2D eigenvalue weighted by Crippen LogP contribution is -2.59. The second-order valence-electron chi connectivity index (χ2n) is 9.89. The second-order valence-corrected chi connectivity index (χ2v) is 9.89. The number of alkyl halides is 3. The van der Waals surface area contributed by atoms with Gasteiger partial charge in [0, 0.05) is 49.8 Å². The predicted molar refractivity (Wildman–Crippen MR) is 138 cm³/mol. The minimum Gasteiger partial charge on any atom is -0.354 e. The van der Waals surface area contributed by atoms with E-state index in [0.29, 0.717) is 38.5 Å². The van der Waals surface area contributed by atoms with Crippen molar-refractivity contribution in [3.05, 3.63) is 72.1 Å². The number of carbonyl (C=O) groups is 1. The molecule has 0 aliphatic carbocycles. The number of para-hydroxylation sites is 1. The van der Waals surface area contributed by atoms with Crippen molar-refractivity contribution in [1.82, 2.24) is 19.8 Å². The molecule has 1 aromatic carbocycles. The molecule has 2 aromatic heterocycles. The van der Waals surface area contributed by atoms with Gasteiger partial charge in [0.15, 0.2) is 0 Å². The van der Waals surface area contributed by atoms with Crippen LogP contribution in [0.4, 0.5) is 19.0 Å². The molecule has 1 amide bonds. The monoisotopic (exact) mass is 509 g/mol. The third-order valence-corrected chi connectivity index (χ3v) is 7.31. The maximum atomic E-state index is 13.2. The third-order valence-electron chi connectivity index (χ3n) is 7.31. The zero-order valence-corrected chi connectivity index (χ0v) is 20.9. The van der Waals surface area contributed by atoms with E-state index in [2.05, 4.69) is 22.0 Å². The number of nitrogens with zero attached hydrogens (tertiary/aromatic N) is 5. The van der Waals surface area contributed by atoms with Crippen LogP contribution in [-0.2, 0) is 11.0 Å². The Morgan fingerprint density at radius 3 is 2.43 bits per heavy atom. The quantitative estimate of drug-likeness (QED) is 0.503. The lowest BCUT2D eigenvalue weighted by Gasteiger charge is -2.45. The highest BCUT2D eigenvalue weighted by Gasteiger charge is 2.34. The number of hydrogen-bond acceptors (Lipinski definition) is 5. The van der Waals surface area contributed by atoms with Gasteiger partial charge in [-0.05, 0) is 50.1 Å². The first-order chi connectivity index (χ1) is 17.7. The highest BCUT2D eigenvalue weighted by molar-refractivity contribution is 5.82. The molecule has 0 unspecified atom stereocenters. The molecule has 1 saturated heterocycles. The Labute approximate surface area is 214 Å². The van der Waals surface area contributed by atoms with Gasteiger partial charge in [-0.3, -0.25) is 9.69 Å². The first-order valence-corrected chi connectivity index (χ1v) is 12.6. The summed E-state index contributed by atoms with van der Waals surface area (Å²) in [4.78, 5) is 28.0. The number of amides is 1. The van der Waals surface area contributed by atoms with E-state index in [9.17, 15) is 18.0 Å². The molecule has 2 atom stereocenters. The molecule has 5 rings (SSSR count). The number of benzene rings is 1. The molecule has 2 aliphatic rings. The molecule has 0 N–H and O–H groups in total. The SMILES string of the molecule is C[C@@H]1CN(c2ccc(C(F)(F)F)cn2)C[C@H](C)N1CC(=O)N1CC=C(c2ccc3ccccc3n2)CC1. The lowest BCUT2D eigenvalue weighted by atomic mass is 10.0. The first-order valence-electron chi connectivity index (χ1n) is 12.6. The molecule has 0 spiro atoms. The van der Waals surface area contributed by atoms with Crippen molar-refractivity contribution in [3.8, 4) is 0 Å². The molecule has 2 aliphatic heterocycles. The standard InChI is InChI=1S/C28H30F3N5O/c1-19-16-35(26-10-8-23(15-32-26)28(29,30)31)17-20(2)36(19)18-27(37)34-13-11-22(12-14-34)25-9-7-21-5-3-4-6-24(21)33-25/h3-11,15,19-20H,12-14,16-18H2,1-2H3/t19-,20+. The Kier molecular flexibility index (Phi) is 6.90. The normalized spacial score (nSPS) is 21.3. The minimum atomic E-state index is -4.40. The van der Waals surface area contributed by atoms with Crippen molar-refractivity contribution >= 4 is 28.2 Å². The lowest BCUT2D eigenvalue weighted by molar-refractivity contribution is -0.137. The molecular formula is C28H30F3N5O. The maximum absolute atomic E-state index is 13.2. The first kappa shape index (κ1) is 25.2. The number of anilines is 1. The van der Waals surface area contributed by atoms with Crippen LogP contribution >= 0.6 is 0 Å². The van der Waals surface area contributed by atoms with E-state index in [1.165, 1.54) is 6.07 Å². The molecule has 4 heterocycles. The van der Waals surface area contributed by atoms with Gasteiger partial charge >= 0.3 is 6.18 Å². The largest absolute Gasteiger partial charge is 0.417 e. The van der Waals surface area contributed by atoms with Gasteiger partial charge in [-0.1, -0.05) is 30.3 Å². The summed E-state index contributed by atoms with van der Waals surface area (Å²) in [5, 5.41) is 1.11. The summed E-state index contributed by atoms with van der Waals surface area (Å²) in [6, 6.07) is 14.8. The predicted octanol–water partition coefficient (Wildman–Crippen LogP) is 4.86. The van der Waals surface area contributed by atoms with Crippen molar-refractivity contribution in [2.75, 3.05) is 37.6 Å². The second kappa shape index (κ2) is 10.1. The topological polar surface area (TPSA) is 52.6 Å². The van der Waals surface area contributed by atoms with Crippen LogP contribution in [0.5, 0.6) is 0 Å². The molecule has 3 aromatic rings. The van der Waals surface area contributed by atoms with Gasteiger partial charge < -0.3 is 9.80 Å². The molecule has 0 saturated carbocycles. The fourth-order valence-electron chi connectivity index (χ4n) is 5.23. The third kappa shape index (κ3) is 5.46. The summed E-state index contributed by atoms with van der Waals surface area (Å²) in [6.45, 7) is 6.78. The number of fused-ring (bicyclic) bond motifs is 1. The Bertz CT molecular complexity index is 1300. The molecular weight excluding hydrogens is 479 g/mol. The van der Waals surface area contributed by atoms with Gasteiger partial charge in [0.25, 0.3) is 0 Å². The Morgan fingerprint density at radius 2 is 1.78 bits per heavy atom. The average Bonchev–Trinajstić information content (AvgIpc) is 2.90. The van der Waals surface area contributed by atoms with E-state index in [1.807, 2.05) is 54.0 Å². The van der Waals surface area contributed by atoms with Gasteiger partial charge in [0.1, 0.15) is 5.82 Å². The fraction of sp³-hybridized carbons (Fsp3) is 0.393. The van der Waals surface area contributed by atoms with Crippen LogP contribution < -0.4 is 4.90 Å². The van der Waals surface area contributed by atoms with Crippen LogP contribution in [-0.4, -0.2) is 70.5 Å². The van der Waals surface area contributed by atoms with Crippen molar-refractivity contribution in [2.24, 2.45) is 0 Å². The molecule has 0 bridgehead atoms. The molecule has 0 radical (unpaired) electrons. The van der Waals surface area contributed by atoms with E-state index in [4.69, 9.17) is 4.98 Å². The van der Waals surface area contributed by atoms with E-state index in [1.54, 1.807) is 0 Å². The van der Waals surface area contributed by atoms with Gasteiger partial charge in [-0.2, -0.15) is 13.2 Å². The van der Waals surface area contributed by atoms with Crippen LogP contribution in [0, 0.1) is 0 Å². The summed E-state index contributed by atoms with van der Waals surface area (Å²) >= 11 is 0. The van der Waals surface area contributed by atoms with Crippen molar-refractivity contribution < 1.29 is 18.0 Å². The summed E-state index contributed by atoms with van der Waals surface area (Å²) in [5.41, 5.74) is 2.33. The van der Waals surface area contributed by atoms with Gasteiger partial charge in [0.05, 0.1) is 23.3 Å². The number of hydrogen-bond donors (Lipinski definition) is 0. The Morgan fingerprint density at radius 1 is 1.03 bits per heavy atom. The fourth-order valence-corrected chi connectivity index (χ4v) is 5.23. The van der Waals surface area contributed by atoms with Crippen LogP contribution in [0.25, 0.3) is 16.5 Å². The van der Waals surface area contributed by atoms with Gasteiger partial charge in [-0.25, -0.2) is 9.97 Å². The highest BCUT2D eigenvalue weighted by atomic mass is 19.4. The Balaban J connectivity index is 1.19. The number of halogens is 3. The molecule has 194 valence electrons. The van der Waals surface area contributed by atoms with Crippen molar-refractivity contribution in [3.63, 3.8) is 0 Å². The van der Waals surface area contributed by atoms with Crippen LogP contribution in [0.1, 0.15) is 31.5 Å². The molecule has 37 heavy (non-hydrogen) atoms. The summed E-state index contributed by atoms with van der Waals surface area (Å²) in [7, 11) is 0. The van der Waals surface area contributed by atoms with Crippen LogP contribution in [0.3, 0.4) is 0 Å². The number of aromatic nitrogens is 2. The smallest absolute Gasteiger partial charge is 0.354 e. The van der Waals surface area contributed by atoms with E-state index in [0.717, 1.165) is 40.9 Å². The zero-order chi connectivity index (χ0) is 26.2. The highest BCUT2D eigenvalue weighted by Crippen LogP contribution is 2.30. The van der Waals surface area contributed by atoms with Crippen LogP contribution in [0.2, 0.25) is 0 Å².